The quantitative estimate of drug-likeness (QED) is 0.742. The van der Waals surface area contributed by atoms with E-state index in [0.717, 1.165) is 17.0 Å². The Morgan fingerprint density at radius 1 is 1.26 bits per heavy atom. The highest BCUT2D eigenvalue weighted by atomic mass is 16.1. The molecule has 2 aromatic rings. The molecule has 1 aromatic heterocycles. The Bertz CT molecular complexity index is 565. The first-order valence-corrected chi connectivity index (χ1v) is 6.28. The monoisotopic (exact) mass is 257 g/mol. The molecule has 6 heteroatoms. The van der Waals surface area contributed by atoms with E-state index in [-0.39, 0.29) is 11.9 Å². The highest BCUT2D eigenvalue weighted by Crippen LogP contribution is 2.18. The maximum Gasteiger partial charge on any atom is 0.221 e. The molecule has 1 amide bonds. The molecule has 6 nitrogen and oxygen atoms in total. The molecule has 3 N–H and O–H groups in total. The van der Waals surface area contributed by atoms with E-state index in [1.54, 1.807) is 0 Å². The molecule has 1 aliphatic heterocycles. The van der Waals surface area contributed by atoms with Gasteiger partial charge in [-0.3, -0.25) is 4.79 Å². The summed E-state index contributed by atoms with van der Waals surface area (Å²) in [6, 6.07) is 10.1. The average Bonchev–Trinajstić information content (AvgIpc) is 3.06. The molecule has 1 fully saturated rings. The summed E-state index contributed by atoms with van der Waals surface area (Å²) >= 11 is 0. The van der Waals surface area contributed by atoms with Crippen molar-refractivity contribution in [3.63, 3.8) is 0 Å². The summed E-state index contributed by atoms with van der Waals surface area (Å²) in [5, 5.41) is 17.1. The van der Waals surface area contributed by atoms with Gasteiger partial charge < -0.3 is 10.6 Å². The summed E-state index contributed by atoms with van der Waals surface area (Å²) < 4.78 is 0. The minimum atomic E-state index is 0.0981. The lowest BCUT2D eigenvalue weighted by Crippen LogP contribution is -2.30. The van der Waals surface area contributed by atoms with E-state index in [4.69, 9.17) is 0 Å². The van der Waals surface area contributed by atoms with E-state index >= 15 is 0 Å². The number of benzene rings is 1. The van der Waals surface area contributed by atoms with E-state index in [0.29, 0.717) is 19.5 Å². The van der Waals surface area contributed by atoms with Gasteiger partial charge in [0, 0.05) is 31.1 Å². The smallest absolute Gasteiger partial charge is 0.221 e. The number of amides is 1. The van der Waals surface area contributed by atoms with Crippen LogP contribution in [-0.2, 0) is 11.3 Å². The van der Waals surface area contributed by atoms with Crippen LogP contribution in [-0.4, -0.2) is 33.9 Å². The van der Waals surface area contributed by atoms with Gasteiger partial charge in [0.15, 0.2) is 0 Å². The van der Waals surface area contributed by atoms with Crippen LogP contribution < -0.4 is 10.6 Å². The van der Waals surface area contributed by atoms with Crippen molar-refractivity contribution < 1.29 is 4.79 Å². The third-order valence-electron chi connectivity index (χ3n) is 3.20. The number of nitrogens with zero attached hydrogens (tertiary/aromatic N) is 2. The van der Waals surface area contributed by atoms with Crippen LogP contribution in [0.4, 0.5) is 0 Å². The van der Waals surface area contributed by atoms with Crippen molar-refractivity contribution in [3.8, 4) is 11.3 Å². The fourth-order valence-corrected chi connectivity index (χ4v) is 2.19. The summed E-state index contributed by atoms with van der Waals surface area (Å²) in [5.41, 5.74) is 2.75. The number of aromatic nitrogens is 3. The van der Waals surface area contributed by atoms with E-state index in [9.17, 15) is 4.79 Å². The highest BCUT2D eigenvalue weighted by molar-refractivity contribution is 5.78. The van der Waals surface area contributed by atoms with Crippen LogP contribution >= 0.6 is 0 Å². The van der Waals surface area contributed by atoms with E-state index in [1.807, 2.05) is 30.3 Å². The first-order chi connectivity index (χ1) is 9.33. The third-order valence-corrected chi connectivity index (χ3v) is 3.20. The maximum atomic E-state index is 11.1. The summed E-state index contributed by atoms with van der Waals surface area (Å²) in [6.07, 6.45) is 0.526. The van der Waals surface area contributed by atoms with Crippen LogP contribution in [0.3, 0.4) is 0 Å². The Labute approximate surface area is 110 Å². The number of H-pyrrole nitrogens is 1. The van der Waals surface area contributed by atoms with Crippen LogP contribution in [0, 0.1) is 0 Å². The van der Waals surface area contributed by atoms with Gasteiger partial charge in [0.25, 0.3) is 0 Å². The topological polar surface area (TPSA) is 82.7 Å². The predicted molar refractivity (Wildman–Crippen MR) is 70.1 cm³/mol. The third kappa shape index (κ3) is 2.63. The second-order valence-electron chi connectivity index (χ2n) is 4.57. The molecule has 19 heavy (non-hydrogen) atoms. The zero-order valence-corrected chi connectivity index (χ0v) is 10.4. The molecule has 98 valence electrons. The van der Waals surface area contributed by atoms with Crippen LogP contribution in [0.5, 0.6) is 0 Å². The Morgan fingerprint density at radius 2 is 2.11 bits per heavy atom. The lowest BCUT2D eigenvalue weighted by molar-refractivity contribution is -0.119. The van der Waals surface area contributed by atoms with Crippen molar-refractivity contribution >= 4 is 5.91 Å². The molecule has 0 radical (unpaired) electrons. The predicted octanol–water partition coefficient (Wildman–Crippen LogP) is 0.450. The molecule has 1 aromatic carbocycles. The van der Waals surface area contributed by atoms with Crippen molar-refractivity contribution in [2.75, 3.05) is 6.54 Å². The largest absolute Gasteiger partial charge is 0.354 e. The second-order valence-corrected chi connectivity index (χ2v) is 4.57. The van der Waals surface area contributed by atoms with E-state index < -0.39 is 0 Å². The molecule has 0 spiro atoms. The molecule has 1 saturated heterocycles. The normalized spacial score (nSPS) is 18.5. The molecule has 0 aliphatic carbocycles. The van der Waals surface area contributed by atoms with Gasteiger partial charge in [0.05, 0.1) is 0 Å². The number of carbonyl (C=O) groups is 1. The van der Waals surface area contributed by atoms with Crippen molar-refractivity contribution in [1.82, 2.24) is 26.0 Å². The Morgan fingerprint density at radius 3 is 2.84 bits per heavy atom. The molecule has 1 aliphatic rings. The van der Waals surface area contributed by atoms with Crippen molar-refractivity contribution in [2.24, 2.45) is 0 Å². The van der Waals surface area contributed by atoms with Gasteiger partial charge in [-0.1, -0.05) is 30.3 Å². The molecule has 0 saturated carbocycles. The fourth-order valence-electron chi connectivity index (χ4n) is 2.19. The lowest BCUT2D eigenvalue weighted by atomic mass is 10.1. The van der Waals surface area contributed by atoms with Gasteiger partial charge in [0.1, 0.15) is 11.4 Å². The summed E-state index contributed by atoms with van der Waals surface area (Å²) in [6.45, 7) is 1.28. The highest BCUT2D eigenvalue weighted by Gasteiger charge is 2.21. The van der Waals surface area contributed by atoms with Gasteiger partial charge in [-0.25, -0.2) is 0 Å². The zero-order chi connectivity index (χ0) is 13.1. The molecular formula is C13H15N5O. The number of hydrogen-bond acceptors (Lipinski definition) is 4. The Hall–Kier alpha value is -2.21. The van der Waals surface area contributed by atoms with Crippen LogP contribution in [0.15, 0.2) is 30.3 Å². The van der Waals surface area contributed by atoms with Gasteiger partial charge in [-0.2, -0.15) is 15.4 Å². The van der Waals surface area contributed by atoms with E-state index in [1.165, 1.54) is 0 Å². The summed E-state index contributed by atoms with van der Waals surface area (Å²) in [4.78, 5) is 11.1. The summed E-state index contributed by atoms with van der Waals surface area (Å²) in [7, 11) is 0. The molecular weight excluding hydrogens is 242 g/mol. The molecule has 2 heterocycles. The van der Waals surface area contributed by atoms with Crippen LogP contribution in [0.1, 0.15) is 12.1 Å². The first-order valence-electron chi connectivity index (χ1n) is 6.28. The molecule has 0 bridgehead atoms. The van der Waals surface area contributed by atoms with Crippen molar-refractivity contribution in [3.05, 3.63) is 36.0 Å². The average molecular weight is 257 g/mol. The Balaban J connectivity index is 1.69. The summed E-state index contributed by atoms with van der Waals surface area (Å²) in [5.74, 6) is 0.0981. The van der Waals surface area contributed by atoms with Crippen molar-refractivity contribution in [1.29, 1.82) is 0 Å². The Kier molecular flexibility index (Phi) is 3.24. The number of aromatic amines is 1. The number of hydrogen-bond donors (Lipinski definition) is 3. The standard InChI is InChI=1S/C13H15N5O/c19-12-6-10(7-15-12)14-8-11-13(17-18-16-11)9-4-2-1-3-5-9/h1-5,10,14H,6-8H2,(H,15,19)(H,16,17,18). The minimum Gasteiger partial charge on any atom is -0.354 e. The van der Waals surface area contributed by atoms with Gasteiger partial charge in [0.2, 0.25) is 5.91 Å². The number of rotatable bonds is 4. The van der Waals surface area contributed by atoms with Gasteiger partial charge >= 0.3 is 0 Å². The van der Waals surface area contributed by atoms with Crippen molar-refractivity contribution in [2.45, 2.75) is 19.0 Å². The van der Waals surface area contributed by atoms with Gasteiger partial charge in [-0.15, -0.1) is 0 Å². The van der Waals surface area contributed by atoms with Crippen LogP contribution in [0.2, 0.25) is 0 Å². The van der Waals surface area contributed by atoms with E-state index in [2.05, 4.69) is 26.0 Å². The SMILES string of the molecule is O=C1CC(NCc2n[nH]nc2-c2ccccc2)CN1. The second kappa shape index (κ2) is 5.19. The molecule has 1 atom stereocenters. The zero-order valence-electron chi connectivity index (χ0n) is 10.4. The fraction of sp³-hybridized carbons (Fsp3) is 0.308. The molecule has 3 rings (SSSR count). The van der Waals surface area contributed by atoms with Gasteiger partial charge in [-0.05, 0) is 0 Å². The maximum absolute atomic E-state index is 11.1. The minimum absolute atomic E-state index is 0.0981. The van der Waals surface area contributed by atoms with Crippen LogP contribution in [0.25, 0.3) is 11.3 Å². The number of nitrogens with one attached hydrogen (secondary N) is 3. The molecule has 1 unspecified atom stereocenters. The first kappa shape index (κ1) is 11.9. The number of carbonyl (C=O) groups excluding carboxylic acids is 1. The lowest BCUT2D eigenvalue weighted by Gasteiger charge is -2.09.